The van der Waals surface area contributed by atoms with E-state index in [-0.39, 0.29) is 11.5 Å². The van der Waals surface area contributed by atoms with Gasteiger partial charge in [0.25, 0.3) is 0 Å². The van der Waals surface area contributed by atoms with Crippen LogP contribution in [0.1, 0.15) is 11.6 Å². The fourth-order valence-corrected chi connectivity index (χ4v) is 3.64. The molecule has 0 aromatic heterocycles. The number of aliphatic hydroxyl groups is 1. The van der Waals surface area contributed by atoms with Crippen LogP contribution < -0.4 is 5.73 Å². The van der Waals surface area contributed by atoms with Gasteiger partial charge in [-0.3, -0.25) is 0 Å². The molecular formula is C10H15NO3S2. The number of sulfone groups is 1. The van der Waals surface area contributed by atoms with Gasteiger partial charge >= 0.3 is 0 Å². The van der Waals surface area contributed by atoms with E-state index in [1.807, 2.05) is 0 Å². The highest BCUT2D eigenvalue weighted by atomic mass is 32.2. The first kappa shape index (κ1) is 13.5. The molecule has 0 aliphatic rings. The van der Waals surface area contributed by atoms with E-state index in [1.165, 1.54) is 11.8 Å². The van der Waals surface area contributed by atoms with Crippen molar-refractivity contribution in [2.45, 2.75) is 15.8 Å². The fourth-order valence-electron chi connectivity index (χ4n) is 1.43. The maximum absolute atomic E-state index is 11.6. The van der Waals surface area contributed by atoms with Crippen molar-refractivity contribution in [1.82, 2.24) is 0 Å². The average Bonchev–Trinajstić information content (AvgIpc) is 2.25. The Kier molecular flexibility index (Phi) is 4.37. The molecule has 0 radical (unpaired) electrons. The molecule has 0 heterocycles. The third-order valence-corrected chi connectivity index (χ3v) is 4.34. The number of hydrogen-bond acceptors (Lipinski definition) is 5. The molecule has 0 aliphatic carbocycles. The summed E-state index contributed by atoms with van der Waals surface area (Å²) in [7, 11) is -3.27. The summed E-state index contributed by atoms with van der Waals surface area (Å²) < 4.78 is 23.1. The minimum Gasteiger partial charge on any atom is -0.394 e. The van der Waals surface area contributed by atoms with E-state index in [4.69, 9.17) is 10.8 Å². The number of hydrogen-bond donors (Lipinski definition) is 2. The van der Waals surface area contributed by atoms with Crippen molar-refractivity contribution in [2.75, 3.05) is 19.1 Å². The Hall–Kier alpha value is -0.560. The molecule has 1 atom stereocenters. The van der Waals surface area contributed by atoms with Crippen LogP contribution in [0.5, 0.6) is 0 Å². The molecule has 0 saturated heterocycles. The quantitative estimate of drug-likeness (QED) is 0.784. The molecule has 0 amide bonds. The van der Waals surface area contributed by atoms with Gasteiger partial charge in [0.05, 0.1) is 17.5 Å². The molecule has 90 valence electrons. The van der Waals surface area contributed by atoms with Crippen LogP contribution in [0.2, 0.25) is 0 Å². The summed E-state index contributed by atoms with van der Waals surface area (Å²) >= 11 is 1.32. The van der Waals surface area contributed by atoms with Crippen LogP contribution in [0.15, 0.2) is 28.0 Å². The number of thioether (sulfide) groups is 1. The van der Waals surface area contributed by atoms with Crippen LogP contribution in [-0.4, -0.2) is 32.6 Å². The molecular weight excluding hydrogens is 246 g/mol. The molecule has 0 aliphatic heterocycles. The van der Waals surface area contributed by atoms with Crippen molar-refractivity contribution >= 4 is 21.6 Å². The van der Waals surface area contributed by atoms with E-state index in [0.717, 1.165) is 6.26 Å². The minimum atomic E-state index is -3.27. The summed E-state index contributed by atoms with van der Waals surface area (Å²) in [6, 6.07) is 4.38. The van der Waals surface area contributed by atoms with E-state index in [0.29, 0.717) is 10.5 Å². The SMILES string of the molecule is CSc1c(C(N)CO)cccc1S(C)(=O)=O. The normalized spacial score (nSPS) is 13.8. The first-order chi connectivity index (χ1) is 7.41. The van der Waals surface area contributed by atoms with Gasteiger partial charge in [0.2, 0.25) is 0 Å². The number of nitrogens with two attached hydrogens (primary N) is 1. The summed E-state index contributed by atoms with van der Waals surface area (Å²) in [5.41, 5.74) is 6.39. The lowest BCUT2D eigenvalue weighted by molar-refractivity contribution is 0.266. The topological polar surface area (TPSA) is 80.4 Å². The van der Waals surface area contributed by atoms with Crippen LogP contribution in [0.25, 0.3) is 0 Å². The van der Waals surface area contributed by atoms with E-state index < -0.39 is 15.9 Å². The van der Waals surface area contributed by atoms with Crippen LogP contribution >= 0.6 is 11.8 Å². The van der Waals surface area contributed by atoms with Gasteiger partial charge in [-0.15, -0.1) is 11.8 Å². The summed E-state index contributed by atoms with van der Waals surface area (Å²) in [5, 5.41) is 9.02. The lowest BCUT2D eigenvalue weighted by atomic mass is 10.1. The summed E-state index contributed by atoms with van der Waals surface area (Å²) in [6.45, 7) is -0.208. The van der Waals surface area contributed by atoms with Crippen molar-refractivity contribution in [2.24, 2.45) is 5.73 Å². The molecule has 1 rings (SSSR count). The van der Waals surface area contributed by atoms with E-state index >= 15 is 0 Å². The second-order valence-corrected chi connectivity index (χ2v) is 6.24. The second kappa shape index (κ2) is 5.18. The molecule has 0 fully saturated rings. The first-order valence-corrected chi connectivity index (χ1v) is 7.76. The maximum atomic E-state index is 11.6. The largest absolute Gasteiger partial charge is 0.394 e. The zero-order valence-corrected chi connectivity index (χ0v) is 10.8. The van der Waals surface area contributed by atoms with Gasteiger partial charge in [-0.1, -0.05) is 12.1 Å². The average molecular weight is 261 g/mol. The highest BCUT2D eigenvalue weighted by Gasteiger charge is 2.18. The lowest BCUT2D eigenvalue weighted by Gasteiger charge is -2.15. The first-order valence-electron chi connectivity index (χ1n) is 4.65. The number of aliphatic hydroxyl groups excluding tert-OH is 1. The van der Waals surface area contributed by atoms with Gasteiger partial charge in [-0.05, 0) is 17.9 Å². The smallest absolute Gasteiger partial charge is 0.176 e. The molecule has 1 unspecified atom stereocenters. The third-order valence-electron chi connectivity index (χ3n) is 2.21. The fraction of sp³-hybridized carbons (Fsp3) is 0.400. The minimum absolute atomic E-state index is 0.208. The molecule has 4 nitrogen and oxygen atoms in total. The number of benzene rings is 1. The summed E-state index contributed by atoms with van der Waals surface area (Å²) in [4.78, 5) is 0.882. The molecule has 1 aromatic rings. The van der Waals surface area contributed by atoms with Gasteiger partial charge in [0.15, 0.2) is 9.84 Å². The molecule has 0 saturated carbocycles. The predicted molar refractivity (Wildman–Crippen MR) is 65.3 cm³/mol. The highest BCUT2D eigenvalue weighted by Crippen LogP contribution is 2.31. The van der Waals surface area contributed by atoms with E-state index in [1.54, 1.807) is 24.5 Å². The monoisotopic (exact) mass is 261 g/mol. The van der Waals surface area contributed by atoms with Crippen molar-refractivity contribution in [1.29, 1.82) is 0 Å². The molecule has 3 N–H and O–H groups in total. The van der Waals surface area contributed by atoms with Gasteiger partial charge in [0.1, 0.15) is 0 Å². The Morgan fingerprint density at radius 1 is 1.50 bits per heavy atom. The van der Waals surface area contributed by atoms with Crippen molar-refractivity contribution in [3.63, 3.8) is 0 Å². The summed E-state index contributed by atoms with van der Waals surface area (Å²) in [6.07, 6.45) is 2.95. The molecule has 0 bridgehead atoms. The van der Waals surface area contributed by atoms with Crippen LogP contribution in [0.3, 0.4) is 0 Å². The molecule has 6 heteroatoms. The zero-order chi connectivity index (χ0) is 12.3. The maximum Gasteiger partial charge on any atom is 0.176 e. The Bertz CT molecular complexity index is 471. The molecule has 1 aromatic carbocycles. The van der Waals surface area contributed by atoms with Crippen molar-refractivity contribution < 1.29 is 13.5 Å². The Morgan fingerprint density at radius 3 is 2.56 bits per heavy atom. The van der Waals surface area contributed by atoms with Crippen LogP contribution in [-0.2, 0) is 9.84 Å². The second-order valence-electron chi connectivity index (χ2n) is 3.44. The van der Waals surface area contributed by atoms with Gasteiger partial charge in [0, 0.05) is 11.2 Å². The molecule has 0 spiro atoms. The van der Waals surface area contributed by atoms with Crippen molar-refractivity contribution in [3.8, 4) is 0 Å². The van der Waals surface area contributed by atoms with Crippen molar-refractivity contribution in [3.05, 3.63) is 23.8 Å². The zero-order valence-electron chi connectivity index (χ0n) is 9.17. The standard InChI is InChI=1S/C10H15NO3S2/c1-15-10-7(8(11)6-12)4-3-5-9(10)16(2,13)14/h3-5,8,12H,6,11H2,1-2H3. The number of rotatable bonds is 4. The van der Waals surface area contributed by atoms with Gasteiger partial charge in [-0.25, -0.2) is 8.42 Å². The Morgan fingerprint density at radius 2 is 2.12 bits per heavy atom. The molecule has 16 heavy (non-hydrogen) atoms. The lowest BCUT2D eigenvalue weighted by Crippen LogP contribution is -2.16. The Labute approximate surface area is 99.8 Å². The van der Waals surface area contributed by atoms with E-state index in [9.17, 15) is 8.42 Å². The third kappa shape index (κ3) is 2.76. The van der Waals surface area contributed by atoms with E-state index in [2.05, 4.69) is 0 Å². The predicted octanol–water partition coefficient (Wildman–Crippen LogP) is 0.804. The van der Waals surface area contributed by atoms with Crippen LogP contribution in [0.4, 0.5) is 0 Å². The Balaban J connectivity index is 3.44. The summed E-state index contributed by atoms with van der Waals surface area (Å²) in [5.74, 6) is 0. The van der Waals surface area contributed by atoms with Crippen LogP contribution in [0, 0.1) is 0 Å². The highest BCUT2D eigenvalue weighted by molar-refractivity contribution is 7.99. The van der Waals surface area contributed by atoms with Gasteiger partial charge < -0.3 is 10.8 Å². The van der Waals surface area contributed by atoms with Gasteiger partial charge in [-0.2, -0.15) is 0 Å².